The highest BCUT2D eigenvalue weighted by Gasteiger charge is 2.12. The third kappa shape index (κ3) is 4.22. The minimum Gasteiger partial charge on any atom is -0.372 e. The fourth-order valence-corrected chi connectivity index (χ4v) is 3.46. The summed E-state index contributed by atoms with van der Waals surface area (Å²) >= 11 is 0. The SMILES string of the molecule is CCN(CC)c1ccc(N=Cc2ccc(N3CCCC3)cc2C)cc1. The molecule has 0 radical (unpaired) electrons. The zero-order chi connectivity index (χ0) is 17.6. The number of hydrogen-bond acceptors (Lipinski definition) is 3. The Bertz CT molecular complexity index is 709. The van der Waals surface area contributed by atoms with Crippen LogP contribution in [0.5, 0.6) is 0 Å². The molecule has 2 aromatic rings. The Morgan fingerprint density at radius 3 is 2.28 bits per heavy atom. The van der Waals surface area contributed by atoms with Crippen LogP contribution in [0, 0.1) is 6.92 Å². The molecule has 0 atom stereocenters. The lowest BCUT2D eigenvalue weighted by Crippen LogP contribution is -2.21. The number of hydrogen-bond donors (Lipinski definition) is 0. The van der Waals surface area contributed by atoms with Crippen LogP contribution in [0.25, 0.3) is 0 Å². The standard InChI is InChI=1S/C22H29N3/c1-4-24(5-2)21-12-9-20(10-13-21)23-17-19-8-11-22(16-18(19)3)25-14-6-7-15-25/h8-13,16-17H,4-7,14-15H2,1-3H3. The van der Waals surface area contributed by atoms with Gasteiger partial charge in [0.2, 0.25) is 0 Å². The third-order valence-corrected chi connectivity index (χ3v) is 5.06. The normalized spacial score (nSPS) is 14.4. The minimum atomic E-state index is 0.999. The van der Waals surface area contributed by atoms with E-state index in [1.54, 1.807) is 0 Å². The summed E-state index contributed by atoms with van der Waals surface area (Å²) in [5.41, 5.74) is 6.08. The maximum atomic E-state index is 4.66. The molecule has 0 aliphatic carbocycles. The third-order valence-electron chi connectivity index (χ3n) is 5.06. The maximum Gasteiger partial charge on any atom is 0.0631 e. The largest absolute Gasteiger partial charge is 0.372 e. The number of anilines is 2. The molecule has 0 spiro atoms. The van der Waals surface area contributed by atoms with Gasteiger partial charge >= 0.3 is 0 Å². The summed E-state index contributed by atoms with van der Waals surface area (Å²) in [6.07, 6.45) is 4.60. The van der Waals surface area contributed by atoms with Gasteiger partial charge < -0.3 is 9.80 Å². The molecule has 1 heterocycles. The van der Waals surface area contributed by atoms with Crippen LogP contribution in [-0.2, 0) is 0 Å². The van der Waals surface area contributed by atoms with Crippen molar-refractivity contribution in [2.75, 3.05) is 36.0 Å². The van der Waals surface area contributed by atoms with Gasteiger partial charge in [0.25, 0.3) is 0 Å². The average molecular weight is 335 g/mol. The summed E-state index contributed by atoms with van der Waals surface area (Å²) in [4.78, 5) is 9.47. The molecule has 0 saturated carbocycles. The summed E-state index contributed by atoms with van der Waals surface area (Å²) in [6.45, 7) is 11.0. The number of aryl methyl sites for hydroxylation is 1. The van der Waals surface area contributed by atoms with E-state index in [2.05, 4.69) is 78.0 Å². The summed E-state index contributed by atoms with van der Waals surface area (Å²) in [5, 5.41) is 0. The van der Waals surface area contributed by atoms with Crippen LogP contribution < -0.4 is 9.80 Å². The van der Waals surface area contributed by atoms with E-state index >= 15 is 0 Å². The molecule has 2 aromatic carbocycles. The van der Waals surface area contributed by atoms with Crippen molar-refractivity contribution in [1.29, 1.82) is 0 Å². The van der Waals surface area contributed by atoms with Crippen LogP contribution in [0.2, 0.25) is 0 Å². The van der Waals surface area contributed by atoms with E-state index in [0.29, 0.717) is 0 Å². The quantitative estimate of drug-likeness (QED) is 0.676. The van der Waals surface area contributed by atoms with Crippen molar-refractivity contribution in [2.24, 2.45) is 4.99 Å². The predicted octanol–water partition coefficient (Wildman–Crippen LogP) is 5.19. The van der Waals surface area contributed by atoms with Gasteiger partial charge in [0.15, 0.2) is 0 Å². The van der Waals surface area contributed by atoms with E-state index in [9.17, 15) is 0 Å². The molecule has 3 nitrogen and oxygen atoms in total. The minimum absolute atomic E-state index is 0.999. The highest BCUT2D eigenvalue weighted by molar-refractivity contribution is 5.84. The Morgan fingerprint density at radius 2 is 1.68 bits per heavy atom. The van der Waals surface area contributed by atoms with E-state index in [4.69, 9.17) is 0 Å². The second-order valence-electron chi connectivity index (χ2n) is 6.68. The number of aliphatic imine (C=N–C) groups is 1. The Balaban J connectivity index is 1.71. The Hall–Kier alpha value is -2.29. The molecule has 1 saturated heterocycles. The van der Waals surface area contributed by atoms with Crippen LogP contribution in [0.1, 0.15) is 37.8 Å². The zero-order valence-electron chi connectivity index (χ0n) is 15.7. The first-order valence-corrected chi connectivity index (χ1v) is 9.46. The van der Waals surface area contributed by atoms with Gasteiger partial charge in [0.1, 0.15) is 0 Å². The highest BCUT2D eigenvalue weighted by Crippen LogP contribution is 2.23. The molecule has 3 rings (SSSR count). The van der Waals surface area contributed by atoms with E-state index < -0.39 is 0 Å². The monoisotopic (exact) mass is 335 g/mol. The Kier molecular flexibility index (Phi) is 5.75. The number of benzene rings is 2. The highest BCUT2D eigenvalue weighted by atomic mass is 15.1. The second-order valence-corrected chi connectivity index (χ2v) is 6.68. The van der Waals surface area contributed by atoms with Gasteiger partial charge in [-0.2, -0.15) is 0 Å². The molecule has 0 amide bonds. The zero-order valence-corrected chi connectivity index (χ0v) is 15.7. The Morgan fingerprint density at radius 1 is 1.00 bits per heavy atom. The van der Waals surface area contributed by atoms with Crippen molar-refractivity contribution in [3.05, 3.63) is 53.6 Å². The molecule has 0 N–H and O–H groups in total. The van der Waals surface area contributed by atoms with E-state index in [-0.39, 0.29) is 0 Å². The van der Waals surface area contributed by atoms with Crippen molar-refractivity contribution < 1.29 is 0 Å². The smallest absolute Gasteiger partial charge is 0.0631 e. The fraction of sp³-hybridized carbons (Fsp3) is 0.409. The van der Waals surface area contributed by atoms with Crippen molar-refractivity contribution in [3.8, 4) is 0 Å². The molecule has 1 aliphatic heterocycles. The van der Waals surface area contributed by atoms with Gasteiger partial charge in [-0.05, 0) is 81.1 Å². The molecule has 25 heavy (non-hydrogen) atoms. The first-order valence-electron chi connectivity index (χ1n) is 9.46. The van der Waals surface area contributed by atoms with Gasteiger partial charge in [-0.1, -0.05) is 6.07 Å². The number of nitrogens with zero attached hydrogens (tertiary/aromatic N) is 3. The lowest BCUT2D eigenvalue weighted by molar-refractivity contribution is 0.866. The molecule has 1 aliphatic rings. The van der Waals surface area contributed by atoms with Crippen LogP contribution in [0.15, 0.2) is 47.5 Å². The van der Waals surface area contributed by atoms with Crippen molar-refractivity contribution in [1.82, 2.24) is 0 Å². The van der Waals surface area contributed by atoms with E-state index in [1.165, 1.54) is 48.4 Å². The lowest BCUT2D eigenvalue weighted by atomic mass is 10.1. The van der Waals surface area contributed by atoms with Gasteiger partial charge in [-0.25, -0.2) is 0 Å². The molecular weight excluding hydrogens is 306 g/mol. The molecule has 1 fully saturated rings. The van der Waals surface area contributed by atoms with Gasteiger partial charge in [-0.3, -0.25) is 4.99 Å². The topological polar surface area (TPSA) is 18.8 Å². The van der Waals surface area contributed by atoms with Gasteiger partial charge in [-0.15, -0.1) is 0 Å². The molecule has 3 heteroatoms. The maximum absolute atomic E-state index is 4.66. The molecular formula is C22H29N3. The van der Waals surface area contributed by atoms with E-state index in [1.807, 2.05) is 6.21 Å². The number of rotatable bonds is 6. The van der Waals surface area contributed by atoms with Crippen molar-refractivity contribution in [3.63, 3.8) is 0 Å². The predicted molar refractivity (Wildman–Crippen MR) is 110 cm³/mol. The molecule has 0 unspecified atom stereocenters. The Labute approximate surface area is 152 Å². The molecule has 132 valence electrons. The lowest BCUT2D eigenvalue weighted by Gasteiger charge is -2.20. The van der Waals surface area contributed by atoms with Gasteiger partial charge in [0.05, 0.1) is 5.69 Å². The van der Waals surface area contributed by atoms with Crippen molar-refractivity contribution >= 4 is 23.3 Å². The molecule has 0 bridgehead atoms. The second kappa shape index (κ2) is 8.19. The first-order chi connectivity index (χ1) is 12.2. The van der Waals surface area contributed by atoms with E-state index in [0.717, 1.165) is 18.8 Å². The van der Waals surface area contributed by atoms with Crippen molar-refractivity contribution in [2.45, 2.75) is 33.6 Å². The summed E-state index contributed by atoms with van der Waals surface area (Å²) in [7, 11) is 0. The van der Waals surface area contributed by atoms with Crippen LogP contribution in [-0.4, -0.2) is 32.4 Å². The summed E-state index contributed by atoms with van der Waals surface area (Å²) < 4.78 is 0. The summed E-state index contributed by atoms with van der Waals surface area (Å²) in [5.74, 6) is 0. The van der Waals surface area contributed by atoms with Crippen LogP contribution in [0.3, 0.4) is 0 Å². The fourth-order valence-electron chi connectivity index (χ4n) is 3.46. The van der Waals surface area contributed by atoms with Gasteiger partial charge in [0, 0.05) is 43.8 Å². The first kappa shape index (κ1) is 17.5. The van der Waals surface area contributed by atoms with Crippen LogP contribution >= 0.6 is 0 Å². The molecule has 0 aromatic heterocycles. The average Bonchev–Trinajstić information content (AvgIpc) is 3.17. The summed E-state index contributed by atoms with van der Waals surface area (Å²) in [6, 6.07) is 15.2. The van der Waals surface area contributed by atoms with Crippen LogP contribution in [0.4, 0.5) is 17.1 Å².